The molecule has 5 heavy (non-hydrogen) atoms. The van der Waals surface area contributed by atoms with Crippen LogP contribution in [-0.2, 0) is 0 Å². The molecule has 0 nitrogen and oxygen atoms in total. The molecule has 0 spiro atoms. The molecule has 0 aromatic carbocycles. The van der Waals surface area contributed by atoms with Crippen LogP contribution in [0.1, 0.15) is 9.78 Å². The second-order valence-corrected chi connectivity index (χ2v) is 1.32. The van der Waals surface area contributed by atoms with Gasteiger partial charge >= 0.3 is 23.1 Å². The van der Waals surface area contributed by atoms with Gasteiger partial charge < -0.3 is 2.85 Å². The Balaban J connectivity index is -0.0000000150. The molecule has 0 bridgehead atoms. The number of allylic oxidation sites excluding steroid dienone is 1. The van der Waals surface area contributed by atoms with Gasteiger partial charge in [0.2, 0.25) is 0 Å². The van der Waals surface area contributed by atoms with E-state index < -0.39 is 0 Å². The van der Waals surface area contributed by atoms with E-state index in [0.717, 1.165) is 0 Å². The van der Waals surface area contributed by atoms with Crippen molar-refractivity contribution in [3.05, 3.63) is 11.6 Å². The summed E-state index contributed by atoms with van der Waals surface area (Å²) < 4.78 is 0. The Morgan fingerprint density at radius 2 is 2.00 bits per heavy atom. The third-order valence-corrected chi connectivity index (χ3v) is 0. The first-order valence-electron chi connectivity index (χ1n) is 1.04. The van der Waals surface area contributed by atoms with Gasteiger partial charge in [-0.15, -0.1) is 0 Å². The molecule has 0 atom stereocenters. The first-order valence-corrected chi connectivity index (χ1v) is 1.42. The maximum Gasteiger partial charge on any atom is 2.00 e. The Hall–Kier alpha value is 0.796. The van der Waals surface area contributed by atoms with E-state index in [2.05, 4.69) is 6.58 Å². The molecule has 0 radical (unpaired) electrons. The fraction of sp³-hybridized carbons (Fsp3) is 0.333. The summed E-state index contributed by atoms with van der Waals surface area (Å²) in [5.41, 5.74) is 0. The average Bonchev–Trinajstić information content (AvgIpc) is 0.811. The van der Waals surface area contributed by atoms with Gasteiger partial charge in [0.05, 0.1) is 0 Å². The molecule has 0 aliphatic rings. The molecule has 0 unspecified atom stereocenters. The molecule has 0 N–H and O–H groups in total. The molecule has 0 aromatic heterocycles. The Morgan fingerprint density at radius 1 is 2.00 bits per heavy atom. The fourth-order valence-electron chi connectivity index (χ4n) is 0. The predicted molar refractivity (Wildman–Crippen MR) is 28.6 cm³/mol. The van der Waals surface area contributed by atoms with E-state index in [1.54, 1.807) is 6.92 Å². The van der Waals surface area contributed by atoms with Crippen LogP contribution in [0.5, 0.6) is 0 Å². The summed E-state index contributed by atoms with van der Waals surface area (Å²) in [5.74, 6) is 0. The first kappa shape index (κ1) is 9.25. The molecule has 0 fully saturated rings. The van der Waals surface area contributed by atoms with Crippen molar-refractivity contribution in [2.75, 3.05) is 0 Å². The van der Waals surface area contributed by atoms with Gasteiger partial charge in [0, 0.05) is 5.03 Å². The van der Waals surface area contributed by atoms with Crippen molar-refractivity contribution in [2.24, 2.45) is 0 Å². The minimum Gasteiger partial charge on any atom is -1.00 e. The molecule has 28 valence electrons. The largest absolute Gasteiger partial charge is 2.00 e. The van der Waals surface area contributed by atoms with E-state index >= 15 is 0 Å². The van der Waals surface area contributed by atoms with Gasteiger partial charge in [0.25, 0.3) is 0 Å². The summed E-state index contributed by atoms with van der Waals surface area (Å²) in [6, 6.07) is 0. The quantitative estimate of drug-likeness (QED) is 0.408. The molecule has 0 aromatic rings. The summed E-state index contributed by atoms with van der Waals surface area (Å²) >= 11 is 5.08. The molecule has 0 heterocycles. The molecule has 0 aliphatic heterocycles. The zero-order valence-electron chi connectivity index (χ0n) is 5.29. The fourth-order valence-corrected chi connectivity index (χ4v) is 0. The van der Waals surface area contributed by atoms with E-state index in [4.69, 9.17) is 11.6 Å². The Morgan fingerprint density at radius 3 is 2.00 bits per heavy atom. The molecular weight excluding hydrogens is 95.8 g/mol. The normalized spacial score (nSPS) is 5.20. The van der Waals surface area contributed by atoms with Crippen molar-refractivity contribution in [3.63, 3.8) is 0 Å². The third-order valence-electron chi connectivity index (χ3n) is 0. The summed E-state index contributed by atoms with van der Waals surface area (Å²) in [7, 11) is 0. The maximum atomic E-state index is 5.08. The van der Waals surface area contributed by atoms with Crippen LogP contribution in [0.2, 0.25) is 0 Å². The van der Waals surface area contributed by atoms with Gasteiger partial charge in [-0.2, -0.15) is 0 Å². The topological polar surface area (TPSA) is 0 Å². The van der Waals surface area contributed by atoms with E-state index in [1.165, 1.54) is 0 Å². The van der Waals surface area contributed by atoms with E-state index in [9.17, 15) is 0 Å². The molecule has 0 saturated heterocycles. The van der Waals surface area contributed by atoms with Crippen LogP contribution in [0.15, 0.2) is 11.6 Å². The molecular formula is C3H7ClMg. The molecule has 2 heteroatoms. The van der Waals surface area contributed by atoms with Gasteiger partial charge in [-0.05, 0) is 6.92 Å². The van der Waals surface area contributed by atoms with Crippen LogP contribution in [-0.4, -0.2) is 23.1 Å². The second kappa shape index (κ2) is 4.80. The van der Waals surface area contributed by atoms with Gasteiger partial charge in [0.1, 0.15) is 0 Å². The van der Waals surface area contributed by atoms with Crippen LogP contribution in [0.25, 0.3) is 0 Å². The smallest absolute Gasteiger partial charge is 1.00 e. The zero-order valence-corrected chi connectivity index (χ0v) is 5.46. The first-order chi connectivity index (χ1) is 1.73. The van der Waals surface area contributed by atoms with E-state index in [-0.39, 0.29) is 25.9 Å². The zero-order chi connectivity index (χ0) is 3.58. The number of hydrogen-bond donors (Lipinski definition) is 0. The van der Waals surface area contributed by atoms with Gasteiger partial charge in [-0.1, -0.05) is 18.2 Å². The minimum absolute atomic E-state index is 0. The molecule has 0 saturated carbocycles. The Bertz CT molecular complexity index is 35.9. The van der Waals surface area contributed by atoms with Crippen molar-refractivity contribution < 1.29 is 2.85 Å². The van der Waals surface area contributed by atoms with Gasteiger partial charge in [0.15, 0.2) is 0 Å². The number of hydrogen-bond acceptors (Lipinski definition) is 0. The SMILES string of the molecule is C=C(C)Cl.[H-].[H-].[Mg+2]. The average molecular weight is 103 g/mol. The van der Waals surface area contributed by atoms with Gasteiger partial charge in [-0.3, -0.25) is 0 Å². The van der Waals surface area contributed by atoms with Crippen LogP contribution in [0.3, 0.4) is 0 Å². The molecule has 0 rings (SSSR count). The van der Waals surface area contributed by atoms with Crippen molar-refractivity contribution >= 4 is 34.7 Å². The number of halogens is 1. The van der Waals surface area contributed by atoms with Crippen molar-refractivity contribution in [1.29, 1.82) is 0 Å². The van der Waals surface area contributed by atoms with Crippen molar-refractivity contribution in [2.45, 2.75) is 6.92 Å². The van der Waals surface area contributed by atoms with Crippen molar-refractivity contribution in [1.82, 2.24) is 0 Å². The van der Waals surface area contributed by atoms with Crippen LogP contribution in [0, 0.1) is 0 Å². The third kappa shape index (κ3) is 59.2. The van der Waals surface area contributed by atoms with Gasteiger partial charge in [-0.25, -0.2) is 0 Å². The van der Waals surface area contributed by atoms with Crippen LogP contribution < -0.4 is 0 Å². The minimum atomic E-state index is 0. The van der Waals surface area contributed by atoms with Crippen LogP contribution >= 0.6 is 11.6 Å². The molecule has 0 amide bonds. The van der Waals surface area contributed by atoms with Crippen molar-refractivity contribution in [3.8, 4) is 0 Å². The number of rotatable bonds is 0. The summed E-state index contributed by atoms with van der Waals surface area (Å²) in [6.45, 7) is 5.06. The summed E-state index contributed by atoms with van der Waals surface area (Å²) in [4.78, 5) is 0. The van der Waals surface area contributed by atoms with Crippen LogP contribution in [0.4, 0.5) is 0 Å². The maximum absolute atomic E-state index is 5.08. The Labute approximate surface area is 56.3 Å². The summed E-state index contributed by atoms with van der Waals surface area (Å²) in [6.07, 6.45) is 0. The Kier molecular flexibility index (Phi) is 8.88. The summed E-state index contributed by atoms with van der Waals surface area (Å²) in [5, 5.41) is 0.639. The standard InChI is InChI=1S/C3H5Cl.Mg.2H/c1-3(2)4;;;/h1H2,2H3;;;/q;+2;2*-1. The second-order valence-electron chi connectivity index (χ2n) is 0.676. The predicted octanol–water partition coefficient (Wildman–Crippen LogP) is 1.60. The van der Waals surface area contributed by atoms with E-state index in [1.807, 2.05) is 0 Å². The monoisotopic (exact) mass is 102 g/mol. The van der Waals surface area contributed by atoms with E-state index in [0.29, 0.717) is 5.03 Å². The molecule has 0 aliphatic carbocycles.